The minimum Gasteiger partial charge on any atom is -0.372 e. The Morgan fingerprint density at radius 1 is 1.10 bits per heavy atom. The van der Waals surface area contributed by atoms with Gasteiger partial charge >= 0.3 is 0 Å². The molecule has 0 spiro atoms. The lowest BCUT2D eigenvalue weighted by Gasteiger charge is -2.22. The molecule has 4 rings (SSSR count). The van der Waals surface area contributed by atoms with Gasteiger partial charge in [-0.2, -0.15) is 0 Å². The Morgan fingerprint density at radius 3 is 2.28 bits per heavy atom. The number of nitrogens with one attached hydrogen (secondary N) is 1. The van der Waals surface area contributed by atoms with Crippen LogP contribution in [0.4, 0.5) is 11.4 Å². The molecule has 0 aromatic heterocycles. The topological polar surface area (TPSA) is 69.7 Å². The van der Waals surface area contributed by atoms with Crippen LogP contribution in [0.3, 0.4) is 0 Å². The summed E-state index contributed by atoms with van der Waals surface area (Å²) in [6, 6.07) is 5.99. The average Bonchev–Trinajstić information content (AvgIpc) is 3.38. The van der Waals surface area contributed by atoms with Gasteiger partial charge in [-0.05, 0) is 62.8 Å². The number of amides is 3. The Hall–Kier alpha value is -2.63. The molecule has 2 bridgehead atoms. The minimum absolute atomic E-state index is 0.0931. The van der Waals surface area contributed by atoms with Gasteiger partial charge in [0.15, 0.2) is 0 Å². The van der Waals surface area contributed by atoms with Crippen molar-refractivity contribution < 1.29 is 14.4 Å². The molecule has 2 fully saturated rings. The molecule has 29 heavy (non-hydrogen) atoms. The monoisotopic (exact) mass is 395 g/mol. The van der Waals surface area contributed by atoms with E-state index in [1.54, 1.807) is 0 Å². The van der Waals surface area contributed by atoms with E-state index < -0.39 is 0 Å². The average molecular weight is 396 g/mol. The maximum absolute atomic E-state index is 12.7. The number of hydrogen-bond acceptors (Lipinski definition) is 4. The second-order valence-electron chi connectivity index (χ2n) is 8.30. The largest absolute Gasteiger partial charge is 0.372 e. The molecule has 6 heteroatoms. The first-order chi connectivity index (χ1) is 13.9. The molecular weight excluding hydrogens is 366 g/mol. The van der Waals surface area contributed by atoms with E-state index in [0.717, 1.165) is 36.4 Å². The molecule has 3 aliphatic rings. The minimum atomic E-state index is -0.199. The molecule has 3 amide bonds. The zero-order chi connectivity index (χ0) is 20.7. The Morgan fingerprint density at radius 2 is 1.72 bits per heavy atom. The number of carbonyl (C=O) groups is 3. The van der Waals surface area contributed by atoms with Crippen molar-refractivity contribution in [3.63, 3.8) is 0 Å². The Balaban J connectivity index is 1.35. The molecule has 0 unspecified atom stereocenters. The van der Waals surface area contributed by atoms with Gasteiger partial charge in [0, 0.05) is 37.4 Å². The zero-order valence-electron chi connectivity index (χ0n) is 17.4. The van der Waals surface area contributed by atoms with Gasteiger partial charge in [-0.25, -0.2) is 0 Å². The lowest BCUT2D eigenvalue weighted by molar-refractivity contribution is -0.140. The number of anilines is 2. The molecule has 1 heterocycles. The molecule has 1 N–H and O–H groups in total. The van der Waals surface area contributed by atoms with Crippen molar-refractivity contribution in [2.24, 2.45) is 23.7 Å². The third-order valence-electron chi connectivity index (χ3n) is 6.74. The molecule has 0 radical (unpaired) electrons. The van der Waals surface area contributed by atoms with Crippen LogP contribution in [0.2, 0.25) is 0 Å². The fourth-order valence-electron chi connectivity index (χ4n) is 5.18. The first kappa shape index (κ1) is 19.7. The highest BCUT2D eigenvalue weighted by Gasteiger charge is 2.59. The summed E-state index contributed by atoms with van der Waals surface area (Å²) in [6.07, 6.45) is 5.20. The number of likely N-dealkylation sites (tertiary alicyclic amines) is 1. The van der Waals surface area contributed by atoms with Crippen molar-refractivity contribution in [1.82, 2.24) is 4.90 Å². The lowest BCUT2D eigenvalue weighted by atomic mass is 9.85. The normalized spacial score (nSPS) is 26.9. The fourth-order valence-corrected chi connectivity index (χ4v) is 5.18. The predicted octanol–water partition coefficient (Wildman–Crippen LogP) is 2.98. The molecule has 4 atom stereocenters. The van der Waals surface area contributed by atoms with E-state index in [0.29, 0.717) is 0 Å². The summed E-state index contributed by atoms with van der Waals surface area (Å²) in [5.74, 6) is -0.360. The summed E-state index contributed by atoms with van der Waals surface area (Å²) in [4.78, 5) is 41.4. The van der Waals surface area contributed by atoms with Crippen molar-refractivity contribution in [3.05, 3.63) is 35.9 Å². The third kappa shape index (κ3) is 3.34. The zero-order valence-corrected chi connectivity index (χ0v) is 17.4. The smallest absolute Gasteiger partial charge is 0.233 e. The number of carbonyl (C=O) groups excluding carboxylic acids is 3. The SMILES string of the molecule is CCN(CC)c1ccc(NC(=O)CCN2C(=O)[C@@H]3[C@@H](C2=O)[C@H]2C=C[C@H]3C2)c(C)c1. The van der Waals surface area contributed by atoms with Gasteiger partial charge < -0.3 is 10.2 Å². The van der Waals surface area contributed by atoms with Crippen molar-refractivity contribution in [2.75, 3.05) is 29.9 Å². The Bertz CT molecular complexity index is 844. The number of allylic oxidation sites excluding steroid dienone is 2. The molecule has 1 aliphatic heterocycles. The number of aryl methyl sites for hydroxylation is 1. The number of nitrogens with zero attached hydrogens (tertiary/aromatic N) is 2. The van der Waals surface area contributed by atoms with Crippen LogP contribution in [-0.4, -0.2) is 42.3 Å². The quantitative estimate of drug-likeness (QED) is 0.569. The molecule has 1 saturated heterocycles. The van der Waals surface area contributed by atoms with E-state index in [-0.39, 0.29) is 54.4 Å². The first-order valence-electron chi connectivity index (χ1n) is 10.6. The summed E-state index contributed by atoms with van der Waals surface area (Å²) in [6.45, 7) is 8.22. The Kier molecular flexibility index (Phi) is 5.19. The van der Waals surface area contributed by atoms with Crippen LogP contribution in [-0.2, 0) is 14.4 Å². The summed E-state index contributed by atoms with van der Waals surface area (Å²) in [5, 5.41) is 2.93. The van der Waals surface area contributed by atoms with Crippen LogP contribution < -0.4 is 10.2 Å². The van der Waals surface area contributed by atoms with Gasteiger partial charge in [0.05, 0.1) is 11.8 Å². The van der Waals surface area contributed by atoms with Crippen LogP contribution in [0.5, 0.6) is 0 Å². The summed E-state index contributed by atoms with van der Waals surface area (Å²) in [7, 11) is 0. The molecule has 2 aliphatic carbocycles. The molecule has 1 aromatic rings. The van der Waals surface area contributed by atoms with Gasteiger partial charge in [0.2, 0.25) is 17.7 Å². The van der Waals surface area contributed by atoms with E-state index in [4.69, 9.17) is 0 Å². The van der Waals surface area contributed by atoms with E-state index in [1.165, 1.54) is 4.90 Å². The molecule has 154 valence electrons. The predicted molar refractivity (Wildman–Crippen MR) is 112 cm³/mol. The van der Waals surface area contributed by atoms with Crippen LogP contribution in [0.15, 0.2) is 30.4 Å². The van der Waals surface area contributed by atoms with Gasteiger partial charge in [0.1, 0.15) is 0 Å². The maximum atomic E-state index is 12.7. The lowest BCUT2D eigenvalue weighted by Crippen LogP contribution is -2.35. The van der Waals surface area contributed by atoms with Gasteiger partial charge in [-0.3, -0.25) is 19.3 Å². The number of imide groups is 1. The van der Waals surface area contributed by atoms with Gasteiger partial charge in [0.25, 0.3) is 0 Å². The third-order valence-corrected chi connectivity index (χ3v) is 6.74. The van der Waals surface area contributed by atoms with Crippen LogP contribution in [0.25, 0.3) is 0 Å². The summed E-state index contributed by atoms with van der Waals surface area (Å²) in [5.41, 5.74) is 2.89. The van der Waals surface area contributed by atoms with Gasteiger partial charge in [-0.1, -0.05) is 12.2 Å². The summed E-state index contributed by atoms with van der Waals surface area (Å²) < 4.78 is 0. The molecular formula is C23H29N3O3. The van der Waals surface area contributed by atoms with Gasteiger partial charge in [-0.15, -0.1) is 0 Å². The van der Waals surface area contributed by atoms with E-state index in [9.17, 15) is 14.4 Å². The number of rotatable bonds is 7. The summed E-state index contributed by atoms with van der Waals surface area (Å²) >= 11 is 0. The van der Waals surface area contributed by atoms with Crippen LogP contribution >= 0.6 is 0 Å². The fraction of sp³-hybridized carbons (Fsp3) is 0.522. The van der Waals surface area contributed by atoms with E-state index >= 15 is 0 Å². The number of fused-ring (bicyclic) bond motifs is 5. The standard InChI is InChI=1S/C23H29N3O3/c1-4-25(5-2)17-8-9-18(14(3)12-17)24-19(27)10-11-26-22(28)20-15-6-7-16(13-15)21(20)23(26)29/h6-9,12,15-16,20-21H,4-5,10-11,13H2,1-3H3,(H,24,27)/t15-,16-,20-,21-/m0/s1. The highest BCUT2D eigenvalue weighted by Crippen LogP contribution is 2.52. The van der Waals surface area contributed by atoms with Crippen LogP contribution in [0, 0.1) is 30.6 Å². The highest BCUT2D eigenvalue weighted by molar-refractivity contribution is 6.06. The van der Waals surface area contributed by atoms with Crippen molar-refractivity contribution in [3.8, 4) is 0 Å². The van der Waals surface area contributed by atoms with E-state index in [2.05, 4.69) is 42.3 Å². The molecule has 6 nitrogen and oxygen atoms in total. The highest BCUT2D eigenvalue weighted by atomic mass is 16.2. The maximum Gasteiger partial charge on any atom is 0.233 e. The molecule has 1 aromatic carbocycles. The van der Waals surface area contributed by atoms with Crippen molar-refractivity contribution in [1.29, 1.82) is 0 Å². The molecule has 1 saturated carbocycles. The van der Waals surface area contributed by atoms with Crippen molar-refractivity contribution >= 4 is 29.1 Å². The second-order valence-corrected chi connectivity index (χ2v) is 8.30. The second kappa shape index (κ2) is 7.65. The number of benzene rings is 1. The van der Waals surface area contributed by atoms with Crippen LogP contribution in [0.1, 0.15) is 32.3 Å². The van der Waals surface area contributed by atoms with Crippen molar-refractivity contribution in [2.45, 2.75) is 33.6 Å². The van der Waals surface area contributed by atoms with E-state index in [1.807, 2.05) is 19.1 Å². The number of hydrogen-bond donors (Lipinski definition) is 1. The first-order valence-corrected chi connectivity index (χ1v) is 10.6. The Labute approximate surface area is 171 Å².